The molecule has 1 unspecified atom stereocenters. The molecule has 0 bridgehead atoms. The molecule has 3 heterocycles. The molecule has 4 rings (SSSR count). The van der Waals surface area contributed by atoms with Gasteiger partial charge in [-0.25, -0.2) is 15.0 Å². The van der Waals surface area contributed by atoms with Crippen LogP contribution in [0.1, 0.15) is 32.3 Å². The fourth-order valence-electron chi connectivity index (χ4n) is 4.18. The van der Waals surface area contributed by atoms with Gasteiger partial charge in [0.1, 0.15) is 23.9 Å². The van der Waals surface area contributed by atoms with Gasteiger partial charge in [0.25, 0.3) is 0 Å². The Kier molecular flexibility index (Phi) is 5.93. The molecule has 0 radical (unpaired) electrons. The lowest BCUT2D eigenvalue weighted by atomic mass is 10.0. The van der Waals surface area contributed by atoms with Crippen molar-refractivity contribution in [1.29, 1.82) is 0 Å². The van der Waals surface area contributed by atoms with Crippen molar-refractivity contribution in [3.8, 4) is 5.88 Å². The summed E-state index contributed by atoms with van der Waals surface area (Å²) in [5.41, 5.74) is 8.46. The third-order valence-corrected chi connectivity index (χ3v) is 5.33. The van der Waals surface area contributed by atoms with E-state index in [0.717, 1.165) is 48.1 Å². The summed E-state index contributed by atoms with van der Waals surface area (Å²) in [7, 11) is 0. The SMILES string of the molecule is Cc1cc(N)cc2ncnc(Nc3cccnc3OC3CCCN(CC(C)(C)O)C3)c12. The van der Waals surface area contributed by atoms with E-state index in [2.05, 4.69) is 25.2 Å². The van der Waals surface area contributed by atoms with Crippen molar-refractivity contribution < 1.29 is 9.84 Å². The van der Waals surface area contributed by atoms with Crippen LogP contribution in [0.2, 0.25) is 0 Å². The predicted molar refractivity (Wildman–Crippen MR) is 123 cm³/mol. The molecule has 1 aliphatic rings. The third-order valence-electron chi connectivity index (χ3n) is 5.33. The maximum atomic E-state index is 10.2. The number of nitrogen functional groups attached to an aromatic ring is 1. The average molecular weight is 423 g/mol. The summed E-state index contributed by atoms with van der Waals surface area (Å²) < 4.78 is 6.30. The van der Waals surface area contributed by atoms with Gasteiger partial charge < -0.3 is 20.9 Å². The Bertz CT molecular complexity index is 1070. The van der Waals surface area contributed by atoms with Crippen LogP contribution in [0, 0.1) is 6.92 Å². The molecule has 0 saturated carbocycles. The van der Waals surface area contributed by atoms with Crippen molar-refractivity contribution in [3.63, 3.8) is 0 Å². The van der Waals surface area contributed by atoms with Gasteiger partial charge in [0, 0.05) is 30.4 Å². The van der Waals surface area contributed by atoms with Crippen LogP contribution in [0.4, 0.5) is 17.2 Å². The minimum atomic E-state index is -0.727. The molecular formula is C23H30N6O2. The second-order valence-electron chi connectivity index (χ2n) is 8.86. The summed E-state index contributed by atoms with van der Waals surface area (Å²) in [6.45, 7) is 8.00. The fraction of sp³-hybridized carbons (Fsp3) is 0.435. The number of aryl methyl sites for hydroxylation is 1. The molecule has 3 aromatic rings. The topological polar surface area (TPSA) is 109 Å². The van der Waals surface area contributed by atoms with Gasteiger partial charge >= 0.3 is 0 Å². The Morgan fingerprint density at radius 2 is 2.13 bits per heavy atom. The number of piperidine rings is 1. The molecule has 1 atom stereocenters. The number of nitrogens with two attached hydrogens (primary N) is 1. The van der Waals surface area contributed by atoms with E-state index in [0.29, 0.717) is 23.9 Å². The molecule has 8 nitrogen and oxygen atoms in total. The lowest BCUT2D eigenvalue weighted by Crippen LogP contribution is -2.47. The standard InChI is InChI=1S/C23H30N6O2/c1-15-10-16(24)11-19-20(15)21(27-14-26-19)28-18-7-4-8-25-22(18)31-17-6-5-9-29(12-17)13-23(2,3)30/h4,7-8,10-11,14,17,30H,5-6,9,12-13,24H2,1-3H3,(H,26,27,28). The number of pyridine rings is 1. The molecule has 2 aromatic heterocycles. The lowest BCUT2D eigenvalue weighted by Gasteiger charge is -2.35. The van der Waals surface area contributed by atoms with Gasteiger partial charge in [0.2, 0.25) is 5.88 Å². The summed E-state index contributed by atoms with van der Waals surface area (Å²) in [5.74, 6) is 1.23. The Morgan fingerprint density at radius 3 is 2.94 bits per heavy atom. The second kappa shape index (κ2) is 8.64. The fourth-order valence-corrected chi connectivity index (χ4v) is 4.18. The Balaban J connectivity index is 1.56. The normalized spacial score (nSPS) is 17.6. The molecule has 0 amide bonds. The number of nitrogens with zero attached hydrogens (tertiary/aromatic N) is 4. The first-order valence-corrected chi connectivity index (χ1v) is 10.6. The van der Waals surface area contributed by atoms with Gasteiger partial charge in [0.05, 0.1) is 11.1 Å². The highest BCUT2D eigenvalue weighted by Crippen LogP contribution is 2.32. The Hall–Kier alpha value is -2.97. The molecule has 31 heavy (non-hydrogen) atoms. The summed E-state index contributed by atoms with van der Waals surface area (Å²) in [5, 5.41) is 14.5. The van der Waals surface area contributed by atoms with Crippen molar-refractivity contribution in [2.75, 3.05) is 30.7 Å². The average Bonchev–Trinajstić information content (AvgIpc) is 2.68. The molecule has 0 spiro atoms. The van der Waals surface area contributed by atoms with E-state index in [1.165, 1.54) is 6.33 Å². The maximum Gasteiger partial charge on any atom is 0.238 e. The van der Waals surface area contributed by atoms with Crippen LogP contribution in [-0.2, 0) is 0 Å². The number of β-amino-alcohol motifs (C(OH)–C–C–N with tert-alkyl or cyclic N) is 1. The largest absolute Gasteiger partial charge is 0.472 e. The number of rotatable bonds is 6. The number of nitrogens with one attached hydrogen (secondary N) is 1. The van der Waals surface area contributed by atoms with Gasteiger partial charge in [-0.2, -0.15) is 0 Å². The Morgan fingerprint density at radius 1 is 1.29 bits per heavy atom. The lowest BCUT2D eigenvalue weighted by molar-refractivity contribution is 0.00665. The number of benzene rings is 1. The van der Waals surface area contributed by atoms with Gasteiger partial charge in [-0.3, -0.25) is 4.90 Å². The van der Waals surface area contributed by atoms with Crippen LogP contribution < -0.4 is 15.8 Å². The number of ether oxygens (including phenoxy) is 1. The number of likely N-dealkylation sites (tertiary alicyclic amines) is 1. The van der Waals surface area contributed by atoms with Crippen molar-refractivity contribution in [3.05, 3.63) is 42.4 Å². The zero-order chi connectivity index (χ0) is 22.0. The monoisotopic (exact) mass is 422 g/mol. The highest BCUT2D eigenvalue weighted by atomic mass is 16.5. The van der Waals surface area contributed by atoms with Crippen LogP contribution >= 0.6 is 0 Å². The number of hydrogen-bond acceptors (Lipinski definition) is 8. The molecule has 0 aliphatic carbocycles. The zero-order valence-corrected chi connectivity index (χ0v) is 18.3. The van der Waals surface area contributed by atoms with Crippen LogP contribution in [0.5, 0.6) is 5.88 Å². The molecule has 8 heteroatoms. The first-order valence-electron chi connectivity index (χ1n) is 10.6. The van der Waals surface area contributed by atoms with E-state index in [-0.39, 0.29) is 6.10 Å². The first-order chi connectivity index (χ1) is 14.8. The second-order valence-corrected chi connectivity index (χ2v) is 8.86. The van der Waals surface area contributed by atoms with Crippen LogP contribution in [0.15, 0.2) is 36.8 Å². The van der Waals surface area contributed by atoms with E-state index < -0.39 is 5.60 Å². The number of aromatic nitrogens is 3. The molecule has 1 saturated heterocycles. The minimum absolute atomic E-state index is 0.00947. The van der Waals surface area contributed by atoms with E-state index in [4.69, 9.17) is 10.5 Å². The van der Waals surface area contributed by atoms with E-state index in [9.17, 15) is 5.11 Å². The van der Waals surface area contributed by atoms with Crippen molar-refractivity contribution >= 4 is 28.1 Å². The van der Waals surface area contributed by atoms with Gasteiger partial charge in [0.15, 0.2) is 0 Å². The molecular weight excluding hydrogens is 392 g/mol. The van der Waals surface area contributed by atoms with E-state index >= 15 is 0 Å². The molecule has 164 valence electrons. The summed E-state index contributed by atoms with van der Waals surface area (Å²) in [6.07, 6.45) is 5.23. The number of aliphatic hydroxyl groups is 1. The van der Waals surface area contributed by atoms with Gasteiger partial charge in [-0.15, -0.1) is 0 Å². The molecule has 1 aromatic carbocycles. The zero-order valence-electron chi connectivity index (χ0n) is 18.3. The maximum absolute atomic E-state index is 10.2. The number of anilines is 3. The Labute approximate surface area is 182 Å². The number of hydrogen-bond donors (Lipinski definition) is 3. The third kappa shape index (κ3) is 5.21. The molecule has 4 N–H and O–H groups in total. The van der Waals surface area contributed by atoms with Crippen molar-refractivity contribution in [1.82, 2.24) is 19.9 Å². The summed E-state index contributed by atoms with van der Waals surface area (Å²) in [6, 6.07) is 7.55. The van der Waals surface area contributed by atoms with E-state index in [1.807, 2.05) is 45.0 Å². The van der Waals surface area contributed by atoms with Crippen LogP contribution in [0.3, 0.4) is 0 Å². The minimum Gasteiger partial charge on any atom is -0.472 e. The van der Waals surface area contributed by atoms with Crippen molar-refractivity contribution in [2.24, 2.45) is 0 Å². The summed E-state index contributed by atoms with van der Waals surface area (Å²) in [4.78, 5) is 15.5. The van der Waals surface area contributed by atoms with Crippen LogP contribution in [0.25, 0.3) is 10.9 Å². The van der Waals surface area contributed by atoms with Crippen molar-refractivity contribution in [2.45, 2.75) is 45.3 Å². The van der Waals surface area contributed by atoms with Gasteiger partial charge in [-0.1, -0.05) is 0 Å². The van der Waals surface area contributed by atoms with E-state index in [1.54, 1.807) is 6.20 Å². The molecule has 1 fully saturated rings. The predicted octanol–water partition coefficient (Wildman–Crippen LogP) is 3.27. The molecule has 1 aliphatic heterocycles. The highest BCUT2D eigenvalue weighted by Gasteiger charge is 2.26. The number of fused-ring (bicyclic) bond motifs is 1. The first kappa shape index (κ1) is 21.3. The van der Waals surface area contributed by atoms with Crippen LogP contribution in [-0.4, -0.2) is 56.3 Å². The highest BCUT2D eigenvalue weighted by molar-refractivity contribution is 5.95. The smallest absolute Gasteiger partial charge is 0.238 e. The quantitative estimate of drug-likeness (QED) is 0.519. The summed E-state index contributed by atoms with van der Waals surface area (Å²) >= 11 is 0. The van der Waals surface area contributed by atoms with Gasteiger partial charge in [-0.05, 0) is 70.0 Å².